The van der Waals surface area contributed by atoms with Crippen LogP contribution in [0.15, 0.2) is 59.3 Å². The van der Waals surface area contributed by atoms with E-state index in [9.17, 15) is 9.59 Å². The molecule has 0 atom stereocenters. The first-order valence-electron chi connectivity index (χ1n) is 8.77. The summed E-state index contributed by atoms with van der Waals surface area (Å²) in [6.07, 6.45) is 1.57. The molecule has 5 nitrogen and oxygen atoms in total. The minimum absolute atomic E-state index is 0.210. The van der Waals surface area contributed by atoms with Gasteiger partial charge in [-0.15, -0.1) is 0 Å². The molecule has 1 aliphatic rings. The molecule has 0 aromatic heterocycles. The third-order valence-electron chi connectivity index (χ3n) is 4.68. The van der Waals surface area contributed by atoms with Gasteiger partial charge in [-0.3, -0.25) is 4.79 Å². The number of benzene rings is 2. The fourth-order valence-electron chi connectivity index (χ4n) is 3.12. The van der Waals surface area contributed by atoms with E-state index in [0.717, 1.165) is 11.3 Å². The molecular formula is C22H19Cl2NO4. The van der Waals surface area contributed by atoms with Crippen molar-refractivity contribution < 1.29 is 19.1 Å². The van der Waals surface area contributed by atoms with Crippen LogP contribution in [0.5, 0.6) is 5.75 Å². The minimum atomic E-state index is -0.586. The maximum atomic E-state index is 13.2. The fourth-order valence-corrected chi connectivity index (χ4v) is 3.48. The highest BCUT2D eigenvalue weighted by Crippen LogP contribution is 2.35. The first-order chi connectivity index (χ1) is 13.9. The summed E-state index contributed by atoms with van der Waals surface area (Å²) in [7, 11) is 2.87. The van der Waals surface area contributed by atoms with Crippen molar-refractivity contribution >= 4 is 41.2 Å². The van der Waals surface area contributed by atoms with Gasteiger partial charge in [-0.05, 0) is 42.3 Å². The number of allylic oxidation sites excluding steroid dienone is 1. The van der Waals surface area contributed by atoms with Crippen molar-refractivity contribution in [2.24, 2.45) is 0 Å². The summed E-state index contributed by atoms with van der Waals surface area (Å²) < 4.78 is 10.1. The van der Waals surface area contributed by atoms with Crippen LogP contribution in [0.3, 0.4) is 0 Å². The number of methoxy groups -OCH3 is 2. The number of amides is 1. The molecule has 0 fully saturated rings. The third kappa shape index (κ3) is 4.16. The summed E-state index contributed by atoms with van der Waals surface area (Å²) in [6.45, 7) is 2.02. The molecule has 0 aliphatic carbocycles. The van der Waals surface area contributed by atoms with E-state index in [1.54, 1.807) is 43.2 Å². The van der Waals surface area contributed by atoms with Gasteiger partial charge in [0, 0.05) is 5.70 Å². The van der Waals surface area contributed by atoms with Gasteiger partial charge in [-0.1, -0.05) is 47.5 Å². The molecule has 0 N–H and O–H groups in total. The minimum Gasteiger partial charge on any atom is -0.497 e. The molecule has 0 saturated heterocycles. The number of halogens is 2. The SMILES string of the molecule is COC(=O)C1=C(C)N(Cc2ccc(OC)cc2)C(=O)C1=Cc1cccc(Cl)c1Cl. The average Bonchev–Trinajstić information content (AvgIpc) is 2.95. The van der Waals surface area contributed by atoms with Crippen molar-refractivity contribution in [3.63, 3.8) is 0 Å². The van der Waals surface area contributed by atoms with Crippen LogP contribution in [0.25, 0.3) is 6.08 Å². The van der Waals surface area contributed by atoms with E-state index < -0.39 is 5.97 Å². The number of esters is 1. The van der Waals surface area contributed by atoms with Crippen molar-refractivity contribution in [3.8, 4) is 5.75 Å². The smallest absolute Gasteiger partial charge is 0.340 e. The molecular weight excluding hydrogens is 413 g/mol. The molecule has 1 heterocycles. The van der Waals surface area contributed by atoms with E-state index in [0.29, 0.717) is 27.9 Å². The zero-order valence-electron chi connectivity index (χ0n) is 16.2. The molecule has 2 aromatic rings. The normalized spacial score (nSPS) is 15.3. The van der Waals surface area contributed by atoms with Gasteiger partial charge >= 0.3 is 5.97 Å². The molecule has 0 radical (unpaired) electrons. The number of rotatable bonds is 5. The Bertz CT molecular complexity index is 1030. The number of nitrogens with zero attached hydrogens (tertiary/aromatic N) is 1. The Labute approximate surface area is 179 Å². The summed E-state index contributed by atoms with van der Waals surface area (Å²) in [5, 5.41) is 0.673. The topological polar surface area (TPSA) is 55.8 Å². The van der Waals surface area contributed by atoms with Gasteiger partial charge in [-0.2, -0.15) is 0 Å². The zero-order valence-corrected chi connectivity index (χ0v) is 17.7. The van der Waals surface area contributed by atoms with Gasteiger partial charge in [0.2, 0.25) is 0 Å². The average molecular weight is 432 g/mol. The van der Waals surface area contributed by atoms with Crippen LogP contribution in [0.4, 0.5) is 0 Å². The Morgan fingerprint density at radius 2 is 1.79 bits per heavy atom. The summed E-state index contributed by atoms with van der Waals surface area (Å²) in [5.41, 5.74) is 2.38. The number of hydrogen-bond acceptors (Lipinski definition) is 4. The van der Waals surface area contributed by atoms with Crippen LogP contribution in [-0.4, -0.2) is 31.0 Å². The van der Waals surface area contributed by atoms with Gasteiger partial charge in [0.05, 0.1) is 42.0 Å². The Morgan fingerprint density at radius 3 is 2.41 bits per heavy atom. The highest BCUT2D eigenvalue weighted by molar-refractivity contribution is 6.43. The number of carbonyl (C=O) groups is 2. The Balaban J connectivity index is 2.03. The first-order valence-corrected chi connectivity index (χ1v) is 9.53. The van der Waals surface area contributed by atoms with Crippen molar-refractivity contribution in [3.05, 3.63) is 80.5 Å². The predicted molar refractivity (Wildman–Crippen MR) is 113 cm³/mol. The van der Waals surface area contributed by atoms with Crippen LogP contribution in [-0.2, 0) is 20.9 Å². The molecule has 1 aliphatic heterocycles. The highest BCUT2D eigenvalue weighted by Gasteiger charge is 2.37. The second-order valence-corrected chi connectivity index (χ2v) is 7.18. The van der Waals surface area contributed by atoms with Gasteiger partial charge in [0.15, 0.2) is 0 Å². The molecule has 7 heteroatoms. The fraction of sp³-hybridized carbons (Fsp3) is 0.182. The Morgan fingerprint density at radius 1 is 1.10 bits per heavy atom. The maximum absolute atomic E-state index is 13.2. The Kier molecular flexibility index (Phi) is 6.30. The van der Waals surface area contributed by atoms with Crippen LogP contribution in [0.1, 0.15) is 18.1 Å². The number of hydrogen-bond donors (Lipinski definition) is 0. The molecule has 0 unspecified atom stereocenters. The highest BCUT2D eigenvalue weighted by atomic mass is 35.5. The van der Waals surface area contributed by atoms with Crippen LogP contribution in [0, 0.1) is 0 Å². The predicted octanol–water partition coefficient (Wildman–Crippen LogP) is 4.87. The van der Waals surface area contributed by atoms with E-state index in [2.05, 4.69) is 0 Å². The van der Waals surface area contributed by atoms with E-state index in [4.69, 9.17) is 32.7 Å². The number of ether oxygens (including phenoxy) is 2. The van der Waals surface area contributed by atoms with Crippen LogP contribution >= 0.6 is 23.2 Å². The lowest BCUT2D eigenvalue weighted by Gasteiger charge is -2.18. The summed E-state index contributed by atoms with van der Waals surface area (Å²) in [6, 6.07) is 12.5. The molecule has 0 bridgehead atoms. The van der Waals surface area contributed by atoms with Crippen LogP contribution < -0.4 is 4.74 Å². The lowest BCUT2D eigenvalue weighted by atomic mass is 10.0. The molecule has 3 rings (SSSR count). The van der Waals surface area contributed by atoms with E-state index in [1.165, 1.54) is 7.11 Å². The summed E-state index contributed by atoms with van der Waals surface area (Å²) >= 11 is 12.3. The van der Waals surface area contributed by atoms with Crippen molar-refractivity contribution in [1.29, 1.82) is 0 Å². The second-order valence-electron chi connectivity index (χ2n) is 6.39. The molecule has 1 amide bonds. The van der Waals surface area contributed by atoms with Gasteiger partial charge in [0.1, 0.15) is 5.75 Å². The summed E-state index contributed by atoms with van der Waals surface area (Å²) in [4.78, 5) is 27.2. The molecule has 0 saturated carbocycles. The van der Waals surface area contributed by atoms with Crippen molar-refractivity contribution in [2.45, 2.75) is 13.5 Å². The standard InChI is InChI=1S/C22H19Cl2NO4/c1-13-19(22(27)29-3)17(11-15-5-4-6-18(23)20(15)24)21(26)25(13)12-14-7-9-16(28-2)10-8-14/h4-11H,12H2,1-3H3. The van der Waals surface area contributed by atoms with Gasteiger partial charge < -0.3 is 14.4 Å². The Hall–Kier alpha value is -2.76. The lowest BCUT2D eigenvalue weighted by Crippen LogP contribution is -2.24. The van der Waals surface area contributed by atoms with E-state index >= 15 is 0 Å². The van der Waals surface area contributed by atoms with Crippen LogP contribution in [0.2, 0.25) is 10.0 Å². The van der Waals surface area contributed by atoms with E-state index in [-0.39, 0.29) is 17.1 Å². The number of carbonyl (C=O) groups excluding carboxylic acids is 2. The first kappa shape index (κ1) is 21.0. The summed E-state index contributed by atoms with van der Waals surface area (Å²) in [5.74, 6) is -0.174. The third-order valence-corrected chi connectivity index (χ3v) is 5.52. The maximum Gasteiger partial charge on any atom is 0.340 e. The lowest BCUT2D eigenvalue weighted by molar-refractivity contribution is -0.136. The molecule has 2 aromatic carbocycles. The quantitative estimate of drug-likeness (QED) is 0.500. The monoisotopic (exact) mass is 431 g/mol. The zero-order chi connectivity index (χ0) is 21.1. The molecule has 0 spiro atoms. The van der Waals surface area contributed by atoms with Gasteiger partial charge in [0.25, 0.3) is 5.91 Å². The largest absolute Gasteiger partial charge is 0.497 e. The van der Waals surface area contributed by atoms with E-state index in [1.807, 2.05) is 24.3 Å². The second kappa shape index (κ2) is 8.72. The van der Waals surface area contributed by atoms with Gasteiger partial charge in [-0.25, -0.2) is 4.79 Å². The van der Waals surface area contributed by atoms with Crippen molar-refractivity contribution in [1.82, 2.24) is 4.90 Å². The molecule has 29 heavy (non-hydrogen) atoms. The van der Waals surface area contributed by atoms with Crippen molar-refractivity contribution in [2.75, 3.05) is 14.2 Å². The molecule has 150 valence electrons.